The lowest BCUT2D eigenvalue weighted by Gasteiger charge is -2.35. The van der Waals surface area contributed by atoms with Gasteiger partial charge in [-0.2, -0.15) is 0 Å². The maximum absolute atomic E-state index is 13.5. The fraction of sp³-hybridized carbons (Fsp3) is 0.429. The molecular formula is C28H31N3O4. The lowest BCUT2D eigenvalue weighted by molar-refractivity contribution is -0.142. The number of carbonyl (C=O) groups excluding carboxylic acids is 3. The SMILES string of the molecule is CC(C)(C)CC(=O)N(C1CCCC1)C1CC(=O)N(c2ccc(-c3nc4ccccc4o3)cc2)C1=O. The Morgan fingerprint density at radius 3 is 2.40 bits per heavy atom. The molecule has 3 aromatic rings. The van der Waals surface area contributed by atoms with Crippen LogP contribution in [0.3, 0.4) is 0 Å². The average Bonchev–Trinajstić information content (AvgIpc) is 3.53. The number of hydrogen-bond acceptors (Lipinski definition) is 5. The van der Waals surface area contributed by atoms with E-state index < -0.39 is 6.04 Å². The molecule has 3 amide bonds. The Morgan fingerprint density at radius 1 is 1.06 bits per heavy atom. The molecule has 1 atom stereocenters. The van der Waals surface area contributed by atoms with Crippen molar-refractivity contribution < 1.29 is 18.8 Å². The molecule has 1 aromatic heterocycles. The Bertz CT molecular complexity index is 1230. The quantitative estimate of drug-likeness (QED) is 0.468. The van der Waals surface area contributed by atoms with E-state index in [2.05, 4.69) is 4.98 Å². The molecule has 1 unspecified atom stereocenters. The van der Waals surface area contributed by atoms with Gasteiger partial charge in [-0.05, 0) is 54.7 Å². The van der Waals surface area contributed by atoms with Crippen LogP contribution in [0.25, 0.3) is 22.6 Å². The van der Waals surface area contributed by atoms with Gasteiger partial charge < -0.3 is 9.32 Å². The summed E-state index contributed by atoms with van der Waals surface area (Å²) in [5, 5.41) is 0. The predicted molar refractivity (Wildman–Crippen MR) is 134 cm³/mol. The second-order valence-electron chi connectivity index (χ2n) is 10.8. The lowest BCUT2D eigenvalue weighted by atomic mass is 9.90. The summed E-state index contributed by atoms with van der Waals surface area (Å²) in [6.45, 7) is 6.05. The first-order chi connectivity index (χ1) is 16.7. The number of nitrogens with zero attached hydrogens (tertiary/aromatic N) is 3. The number of amides is 3. The van der Waals surface area contributed by atoms with Crippen LogP contribution in [0.1, 0.15) is 59.3 Å². The zero-order chi connectivity index (χ0) is 24.7. The molecule has 0 N–H and O–H groups in total. The molecule has 1 saturated carbocycles. The zero-order valence-corrected chi connectivity index (χ0v) is 20.5. The highest BCUT2D eigenvalue weighted by molar-refractivity contribution is 6.23. The van der Waals surface area contributed by atoms with Crippen molar-refractivity contribution in [2.75, 3.05) is 4.90 Å². The molecule has 7 heteroatoms. The molecule has 7 nitrogen and oxygen atoms in total. The maximum atomic E-state index is 13.5. The molecule has 2 aliphatic rings. The Hall–Kier alpha value is -3.48. The van der Waals surface area contributed by atoms with Gasteiger partial charge >= 0.3 is 0 Å². The fourth-order valence-electron chi connectivity index (χ4n) is 5.21. The van der Waals surface area contributed by atoms with Gasteiger partial charge in [0.1, 0.15) is 11.6 Å². The first kappa shape index (κ1) is 23.3. The Morgan fingerprint density at radius 2 is 1.74 bits per heavy atom. The summed E-state index contributed by atoms with van der Waals surface area (Å²) in [6, 6.07) is 13.9. The summed E-state index contributed by atoms with van der Waals surface area (Å²) in [5.41, 5.74) is 2.53. The zero-order valence-electron chi connectivity index (χ0n) is 20.5. The third-order valence-electron chi connectivity index (χ3n) is 6.81. The minimum Gasteiger partial charge on any atom is -0.436 e. The fourth-order valence-corrected chi connectivity index (χ4v) is 5.21. The largest absolute Gasteiger partial charge is 0.436 e. The summed E-state index contributed by atoms with van der Waals surface area (Å²) in [5.74, 6) is -0.154. The molecule has 0 spiro atoms. The summed E-state index contributed by atoms with van der Waals surface area (Å²) in [6.07, 6.45) is 4.22. The van der Waals surface area contributed by atoms with E-state index in [1.165, 1.54) is 4.90 Å². The molecule has 2 fully saturated rings. The number of para-hydroxylation sites is 2. The van der Waals surface area contributed by atoms with Crippen molar-refractivity contribution in [1.82, 2.24) is 9.88 Å². The van der Waals surface area contributed by atoms with E-state index in [4.69, 9.17) is 4.42 Å². The molecule has 1 saturated heterocycles. The third-order valence-corrected chi connectivity index (χ3v) is 6.81. The van der Waals surface area contributed by atoms with Gasteiger partial charge in [-0.25, -0.2) is 9.88 Å². The molecule has 2 aromatic carbocycles. The van der Waals surface area contributed by atoms with Gasteiger partial charge in [-0.15, -0.1) is 0 Å². The predicted octanol–water partition coefficient (Wildman–Crippen LogP) is 5.33. The lowest BCUT2D eigenvalue weighted by Crippen LogP contribution is -2.50. The number of aromatic nitrogens is 1. The van der Waals surface area contributed by atoms with Gasteiger partial charge in [0.15, 0.2) is 5.58 Å². The van der Waals surface area contributed by atoms with E-state index in [1.54, 1.807) is 29.2 Å². The second kappa shape index (κ2) is 8.95. The summed E-state index contributed by atoms with van der Waals surface area (Å²) in [7, 11) is 0. The van der Waals surface area contributed by atoms with Gasteiger partial charge in [0, 0.05) is 18.0 Å². The number of benzene rings is 2. The number of rotatable bonds is 5. The van der Waals surface area contributed by atoms with E-state index >= 15 is 0 Å². The summed E-state index contributed by atoms with van der Waals surface area (Å²) in [4.78, 5) is 47.4. The average molecular weight is 474 g/mol. The van der Waals surface area contributed by atoms with Crippen molar-refractivity contribution in [1.29, 1.82) is 0 Å². The Balaban J connectivity index is 1.39. The van der Waals surface area contributed by atoms with E-state index in [-0.39, 0.29) is 35.6 Å². The van der Waals surface area contributed by atoms with Gasteiger partial charge in [0.25, 0.3) is 5.91 Å². The van der Waals surface area contributed by atoms with Crippen LogP contribution in [-0.4, -0.2) is 39.7 Å². The van der Waals surface area contributed by atoms with Crippen molar-refractivity contribution in [3.63, 3.8) is 0 Å². The molecule has 182 valence electrons. The summed E-state index contributed by atoms with van der Waals surface area (Å²) < 4.78 is 5.83. The minimum atomic E-state index is -0.739. The highest BCUT2D eigenvalue weighted by Crippen LogP contribution is 2.34. The van der Waals surface area contributed by atoms with Crippen LogP contribution in [0.4, 0.5) is 5.69 Å². The summed E-state index contributed by atoms with van der Waals surface area (Å²) >= 11 is 0. The van der Waals surface area contributed by atoms with E-state index in [0.717, 1.165) is 36.8 Å². The topological polar surface area (TPSA) is 83.7 Å². The van der Waals surface area contributed by atoms with Crippen LogP contribution in [0.5, 0.6) is 0 Å². The number of hydrogen-bond donors (Lipinski definition) is 0. The normalized spacial score (nSPS) is 19.2. The molecule has 2 heterocycles. The van der Waals surface area contributed by atoms with Crippen LogP contribution in [0.15, 0.2) is 52.9 Å². The standard InChI is InChI=1S/C28H31N3O4/c1-28(2,3)17-25(33)30(19-8-4-5-9-19)22-16-24(32)31(27(22)34)20-14-12-18(13-15-20)26-29-21-10-6-7-11-23(21)35-26/h6-7,10-15,19,22H,4-5,8-9,16-17H2,1-3H3. The van der Waals surface area contributed by atoms with Crippen molar-refractivity contribution >= 4 is 34.5 Å². The maximum Gasteiger partial charge on any atom is 0.257 e. The van der Waals surface area contributed by atoms with Crippen molar-refractivity contribution in [2.24, 2.45) is 5.41 Å². The smallest absolute Gasteiger partial charge is 0.257 e. The second-order valence-corrected chi connectivity index (χ2v) is 10.8. The van der Waals surface area contributed by atoms with Crippen molar-refractivity contribution in [3.8, 4) is 11.5 Å². The van der Waals surface area contributed by atoms with Crippen LogP contribution in [0, 0.1) is 5.41 Å². The molecular weight excluding hydrogens is 442 g/mol. The van der Waals surface area contributed by atoms with Gasteiger partial charge in [0.2, 0.25) is 17.7 Å². The van der Waals surface area contributed by atoms with Gasteiger partial charge in [-0.1, -0.05) is 45.7 Å². The molecule has 5 rings (SSSR count). The number of anilines is 1. The Labute approximate surface area is 205 Å². The molecule has 0 bridgehead atoms. The van der Waals surface area contributed by atoms with Crippen LogP contribution in [0.2, 0.25) is 0 Å². The van der Waals surface area contributed by atoms with Crippen LogP contribution in [-0.2, 0) is 14.4 Å². The van der Waals surface area contributed by atoms with Gasteiger partial charge in [-0.3, -0.25) is 14.4 Å². The van der Waals surface area contributed by atoms with Gasteiger partial charge in [0.05, 0.1) is 12.1 Å². The van der Waals surface area contributed by atoms with Crippen LogP contribution < -0.4 is 4.90 Å². The van der Waals surface area contributed by atoms with E-state index in [9.17, 15) is 14.4 Å². The number of imide groups is 1. The van der Waals surface area contributed by atoms with Crippen molar-refractivity contribution in [2.45, 2.75) is 71.4 Å². The first-order valence-corrected chi connectivity index (χ1v) is 12.4. The highest BCUT2D eigenvalue weighted by atomic mass is 16.3. The number of carbonyl (C=O) groups is 3. The van der Waals surface area contributed by atoms with Crippen molar-refractivity contribution in [3.05, 3.63) is 48.5 Å². The van der Waals surface area contributed by atoms with E-state index in [0.29, 0.717) is 23.6 Å². The molecule has 1 aliphatic heterocycles. The number of fused-ring (bicyclic) bond motifs is 1. The third kappa shape index (κ3) is 4.59. The van der Waals surface area contributed by atoms with E-state index in [1.807, 2.05) is 45.0 Å². The monoisotopic (exact) mass is 473 g/mol. The van der Waals surface area contributed by atoms with Crippen LogP contribution >= 0.6 is 0 Å². The molecule has 35 heavy (non-hydrogen) atoms. The number of oxazole rings is 1. The minimum absolute atomic E-state index is 0.0214. The molecule has 1 aliphatic carbocycles. The molecule has 0 radical (unpaired) electrons. The highest BCUT2D eigenvalue weighted by Gasteiger charge is 2.47. The Kier molecular flexibility index (Phi) is 5.95. The first-order valence-electron chi connectivity index (χ1n) is 12.4.